The summed E-state index contributed by atoms with van der Waals surface area (Å²) in [5, 5.41) is 0. The third kappa shape index (κ3) is 3.64. The van der Waals surface area contributed by atoms with Crippen molar-refractivity contribution in [3.63, 3.8) is 0 Å². The minimum atomic E-state index is -4.57. The van der Waals surface area contributed by atoms with Gasteiger partial charge in [-0.25, -0.2) is 9.78 Å². The molecule has 2 rings (SSSR count). The average molecular weight is 305 g/mol. The van der Waals surface area contributed by atoms with Crippen LogP contribution in [0.4, 0.5) is 13.2 Å². The van der Waals surface area contributed by atoms with Gasteiger partial charge >= 0.3 is 12.1 Å². The van der Waals surface area contributed by atoms with E-state index >= 15 is 0 Å². The summed E-state index contributed by atoms with van der Waals surface area (Å²) < 4.78 is 43.5. The molecule has 0 aliphatic carbocycles. The molecular weight excluding hydrogens is 295 g/mol. The average Bonchev–Trinajstić information content (AvgIpc) is 2.52. The predicted octanol–water partition coefficient (Wildman–Crippen LogP) is 3.29. The lowest BCUT2D eigenvalue weighted by molar-refractivity contribution is -0.137. The molecule has 112 valence electrons. The van der Waals surface area contributed by atoms with Gasteiger partial charge in [0.1, 0.15) is 5.69 Å². The molecule has 0 spiro atoms. The van der Waals surface area contributed by atoms with Crippen LogP contribution in [0.3, 0.4) is 0 Å². The first-order chi connectivity index (χ1) is 10.4. The Morgan fingerprint density at radius 2 is 1.95 bits per heavy atom. The van der Waals surface area contributed by atoms with E-state index in [4.69, 9.17) is 0 Å². The monoisotopic (exact) mass is 305 g/mol. The van der Waals surface area contributed by atoms with E-state index in [2.05, 4.69) is 21.6 Å². The van der Waals surface area contributed by atoms with Crippen LogP contribution in [-0.4, -0.2) is 18.1 Å². The normalized spacial score (nSPS) is 10.5. The summed E-state index contributed by atoms with van der Waals surface area (Å²) in [6, 6.07) is 7.85. The van der Waals surface area contributed by atoms with Crippen molar-refractivity contribution in [2.45, 2.75) is 6.18 Å². The highest BCUT2D eigenvalue weighted by atomic mass is 19.4. The maximum Gasteiger partial charge on any atom is 0.417 e. The van der Waals surface area contributed by atoms with Crippen LogP contribution in [0.1, 0.15) is 27.2 Å². The summed E-state index contributed by atoms with van der Waals surface area (Å²) in [7, 11) is 1.15. The molecule has 0 aliphatic rings. The molecule has 0 saturated carbocycles. The van der Waals surface area contributed by atoms with Gasteiger partial charge in [0.15, 0.2) is 0 Å². The molecule has 3 nitrogen and oxygen atoms in total. The molecule has 0 bridgehead atoms. The Hall–Kier alpha value is -2.81. The van der Waals surface area contributed by atoms with Crippen molar-refractivity contribution in [3.8, 4) is 11.8 Å². The molecule has 0 amide bonds. The topological polar surface area (TPSA) is 39.2 Å². The number of nitrogens with zero attached hydrogens (tertiary/aromatic N) is 1. The van der Waals surface area contributed by atoms with E-state index in [0.29, 0.717) is 5.69 Å². The highest BCUT2D eigenvalue weighted by Gasteiger charge is 2.33. The van der Waals surface area contributed by atoms with Gasteiger partial charge in [-0.05, 0) is 36.3 Å². The number of carbonyl (C=O) groups is 1. The minimum Gasteiger partial charge on any atom is -0.465 e. The fraction of sp³-hybridized carbons (Fsp3) is 0.125. The lowest BCUT2D eigenvalue weighted by atomic mass is 10.0. The molecule has 1 heterocycles. The van der Waals surface area contributed by atoms with E-state index in [1.807, 2.05) is 0 Å². The molecule has 0 aliphatic heterocycles. The van der Waals surface area contributed by atoms with Crippen LogP contribution in [-0.2, 0) is 10.9 Å². The maximum absolute atomic E-state index is 13.0. The molecule has 0 atom stereocenters. The standard InChI is InChI=1S/C16H10F3NO2/c1-22-15(21)12-6-8-14(16(17,18)19)11(10-12)5-7-13-4-2-3-9-20-13/h2-4,6,8-10H,1H3. The summed E-state index contributed by atoms with van der Waals surface area (Å²) in [5.74, 6) is 4.23. The molecule has 0 N–H and O–H groups in total. The number of aromatic nitrogens is 1. The van der Waals surface area contributed by atoms with Crippen LogP contribution in [0, 0.1) is 11.8 Å². The smallest absolute Gasteiger partial charge is 0.417 e. The summed E-state index contributed by atoms with van der Waals surface area (Å²) in [6.45, 7) is 0. The molecule has 0 radical (unpaired) electrons. The number of rotatable bonds is 1. The zero-order chi connectivity index (χ0) is 16.2. The molecule has 1 aromatic carbocycles. The van der Waals surface area contributed by atoms with Crippen molar-refractivity contribution < 1.29 is 22.7 Å². The molecular formula is C16H10F3NO2. The van der Waals surface area contributed by atoms with Crippen LogP contribution in [0.25, 0.3) is 0 Å². The summed E-state index contributed by atoms with van der Waals surface area (Å²) in [5.41, 5.74) is -0.885. The van der Waals surface area contributed by atoms with E-state index in [0.717, 1.165) is 25.3 Å². The predicted molar refractivity (Wildman–Crippen MR) is 73.0 cm³/mol. The molecule has 0 unspecified atom stereocenters. The molecule has 22 heavy (non-hydrogen) atoms. The van der Waals surface area contributed by atoms with Gasteiger partial charge in [0.2, 0.25) is 0 Å². The Balaban J connectivity index is 2.51. The summed E-state index contributed by atoms with van der Waals surface area (Å²) >= 11 is 0. The second-order valence-corrected chi connectivity index (χ2v) is 4.21. The first-order valence-corrected chi connectivity index (χ1v) is 6.14. The van der Waals surface area contributed by atoms with Crippen LogP contribution in [0.2, 0.25) is 0 Å². The van der Waals surface area contributed by atoms with Gasteiger partial charge in [-0.3, -0.25) is 0 Å². The number of halogens is 3. The Labute approximate surface area is 124 Å². The SMILES string of the molecule is COC(=O)c1ccc(C(F)(F)F)c(C#Cc2ccccn2)c1. The first-order valence-electron chi connectivity index (χ1n) is 6.14. The highest BCUT2D eigenvalue weighted by molar-refractivity contribution is 5.90. The van der Waals surface area contributed by atoms with E-state index < -0.39 is 17.7 Å². The third-order valence-corrected chi connectivity index (χ3v) is 2.74. The van der Waals surface area contributed by atoms with Gasteiger partial charge in [-0.15, -0.1) is 0 Å². The zero-order valence-corrected chi connectivity index (χ0v) is 11.4. The van der Waals surface area contributed by atoms with Gasteiger partial charge in [0.25, 0.3) is 0 Å². The third-order valence-electron chi connectivity index (χ3n) is 2.74. The first kappa shape index (κ1) is 15.6. The number of hydrogen-bond donors (Lipinski definition) is 0. The molecule has 1 aromatic heterocycles. The fourth-order valence-corrected chi connectivity index (χ4v) is 1.71. The van der Waals surface area contributed by atoms with Crippen LogP contribution < -0.4 is 0 Å². The van der Waals surface area contributed by atoms with E-state index in [1.165, 1.54) is 6.20 Å². The van der Waals surface area contributed by atoms with Crippen molar-refractivity contribution in [1.82, 2.24) is 4.98 Å². The lowest BCUT2D eigenvalue weighted by Gasteiger charge is -2.10. The van der Waals surface area contributed by atoms with Crippen molar-refractivity contribution in [2.24, 2.45) is 0 Å². The van der Waals surface area contributed by atoms with Crippen molar-refractivity contribution in [1.29, 1.82) is 0 Å². The zero-order valence-electron chi connectivity index (χ0n) is 11.4. The Morgan fingerprint density at radius 3 is 2.55 bits per heavy atom. The molecule has 0 saturated heterocycles. The Bertz CT molecular complexity index is 743. The van der Waals surface area contributed by atoms with Gasteiger partial charge in [-0.1, -0.05) is 12.0 Å². The van der Waals surface area contributed by atoms with Crippen LogP contribution in [0.15, 0.2) is 42.6 Å². The fourth-order valence-electron chi connectivity index (χ4n) is 1.71. The number of methoxy groups -OCH3 is 1. The highest BCUT2D eigenvalue weighted by Crippen LogP contribution is 2.32. The van der Waals surface area contributed by atoms with E-state index in [-0.39, 0.29) is 11.1 Å². The van der Waals surface area contributed by atoms with Gasteiger partial charge in [0, 0.05) is 11.8 Å². The Morgan fingerprint density at radius 1 is 1.18 bits per heavy atom. The number of carbonyl (C=O) groups excluding carboxylic acids is 1. The van der Waals surface area contributed by atoms with Crippen LogP contribution in [0.5, 0.6) is 0 Å². The Kier molecular flexibility index (Phi) is 4.47. The second-order valence-electron chi connectivity index (χ2n) is 4.21. The van der Waals surface area contributed by atoms with Crippen LogP contribution >= 0.6 is 0 Å². The number of benzene rings is 1. The van der Waals surface area contributed by atoms with Gasteiger partial charge in [0.05, 0.1) is 18.2 Å². The number of hydrogen-bond acceptors (Lipinski definition) is 3. The maximum atomic E-state index is 13.0. The van der Waals surface area contributed by atoms with E-state index in [9.17, 15) is 18.0 Å². The number of pyridine rings is 1. The van der Waals surface area contributed by atoms with E-state index in [1.54, 1.807) is 18.2 Å². The van der Waals surface area contributed by atoms with Gasteiger partial charge < -0.3 is 4.74 Å². The van der Waals surface area contributed by atoms with Crippen molar-refractivity contribution >= 4 is 5.97 Å². The van der Waals surface area contributed by atoms with Gasteiger partial charge in [-0.2, -0.15) is 13.2 Å². The van der Waals surface area contributed by atoms with Crippen molar-refractivity contribution in [3.05, 3.63) is 65.0 Å². The minimum absolute atomic E-state index is 0.000760. The largest absolute Gasteiger partial charge is 0.465 e. The molecule has 6 heteroatoms. The second kappa shape index (κ2) is 6.31. The lowest BCUT2D eigenvalue weighted by Crippen LogP contribution is -2.10. The molecule has 0 fully saturated rings. The molecule has 2 aromatic rings. The number of alkyl halides is 3. The number of ether oxygens (including phenoxy) is 1. The quantitative estimate of drug-likeness (QED) is 0.599. The number of esters is 1. The van der Waals surface area contributed by atoms with Crippen molar-refractivity contribution in [2.75, 3.05) is 7.11 Å². The summed E-state index contributed by atoms with van der Waals surface area (Å²) in [6.07, 6.45) is -3.08. The summed E-state index contributed by atoms with van der Waals surface area (Å²) in [4.78, 5) is 15.3.